The Labute approximate surface area is 107 Å². The van der Waals surface area contributed by atoms with Crippen LogP contribution in [0.4, 0.5) is 4.39 Å². The van der Waals surface area contributed by atoms with Gasteiger partial charge in [0.2, 0.25) is 5.91 Å². The Morgan fingerprint density at radius 3 is 2.72 bits per heavy atom. The zero-order valence-corrected chi connectivity index (χ0v) is 10.6. The van der Waals surface area contributed by atoms with E-state index in [9.17, 15) is 9.18 Å². The van der Waals surface area contributed by atoms with Crippen molar-refractivity contribution in [2.75, 3.05) is 13.1 Å². The van der Waals surface area contributed by atoms with Gasteiger partial charge in [-0.3, -0.25) is 4.79 Å². The topological polar surface area (TPSA) is 41.1 Å². The minimum atomic E-state index is -0.284. The fourth-order valence-electron chi connectivity index (χ4n) is 2.32. The first-order valence-electron chi connectivity index (χ1n) is 6.44. The van der Waals surface area contributed by atoms with Gasteiger partial charge in [-0.05, 0) is 38.9 Å². The highest BCUT2D eigenvalue weighted by atomic mass is 19.1. The molecule has 2 rings (SSSR count). The summed E-state index contributed by atoms with van der Waals surface area (Å²) in [6, 6.07) is 6.28. The van der Waals surface area contributed by atoms with E-state index in [2.05, 4.69) is 10.6 Å². The average Bonchev–Trinajstić information content (AvgIpc) is 2.40. The van der Waals surface area contributed by atoms with E-state index < -0.39 is 0 Å². The monoisotopic (exact) mass is 250 g/mol. The molecule has 1 amide bonds. The Kier molecular flexibility index (Phi) is 4.31. The van der Waals surface area contributed by atoms with Gasteiger partial charge in [0.1, 0.15) is 5.82 Å². The van der Waals surface area contributed by atoms with Crippen molar-refractivity contribution in [1.82, 2.24) is 10.6 Å². The van der Waals surface area contributed by atoms with Crippen LogP contribution >= 0.6 is 0 Å². The number of amides is 1. The molecule has 1 fully saturated rings. The number of hydrogen-bond acceptors (Lipinski definition) is 2. The molecule has 0 saturated carbocycles. The van der Waals surface area contributed by atoms with Gasteiger partial charge in [-0.15, -0.1) is 0 Å². The third kappa shape index (κ3) is 3.07. The molecule has 3 nitrogen and oxygen atoms in total. The Hall–Kier alpha value is -1.42. The van der Waals surface area contributed by atoms with Crippen molar-refractivity contribution in [3.05, 3.63) is 35.6 Å². The molecule has 0 radical (unpaired) electrons. The number of piperidine rings is 1. The Bertz CT molecular complexity index is 416. The number of halogens is 1. The van der Waals surface area contributed by atoms with E-state index in [1.165, 1.54) is 6.07 Å². The predicted octanol–water partition coefficient (Wildman–Crippen LogP) is 2.00. The molecule has 4 heteroatoms. The lowest BCUT2D eigenvalue weighted by atomic mass is 9.96. The maximum atomic E-state index is 13.6. The summed E-state index contributed by atoms with van der Waals surface area (Å²) in [5.41, 5.74) is 0.541. The molecule has 0 unspecified atom stereocenters. The highest BCUT2D eigenvalue weighted by Gasteiger charge is 2.22. The largest absolute Gasteiger partial charge is 0.349 e. The Morgan fingerprint density at radius 2 is 2.06 bits per heavy atom. The predicted molar refractivity (Wildman–Crippen MR) is 68.6 cm³/mol. The zero-order valence-electron chi connectivity index (χ0n) is 10.6. The van der Waals surface area contributed by atoms with Gasteiger partial charge in [-0.25, -0.2) is 4.39 Å². The van der Waals surface area contributed by atoms with E-state index in [4.69, 9.17) is 0 Å². The summed E-state index contributed by atoms with van der Waals surface area (Å²) < 4.78 is 13.6. The highest BCUT2D eigenvalue weighted by molar-refractivity contribution is 5.79. The van der Waals surface area contributed by atoms with Crippen LogP contribution in [0.15, 0.2) is 24.3 Å². The lowest BCUT2D eigenvalue weighted by molar-refractivity contribution is -0.126. The standard InChI is InChI=1S/C14H19FN2O/c1-10(12-4-2-3-5-13(12)15)17-14(18)11-6-8-16-9-7-11/h2-5,10-11,16H,6-9H2,1H3,(H,17,18)/t10-/m1/s1. The summed E-state index contributed by atoms with van der Waals surface area (Å²) in [6.45, 7) is 3.58. The fraction of sp³-hybridized carbons (Fsp3) is 0.500. The summed E-state index contributed by atoms with van der Waals surface area (Å²) in [7, 11) is 0. The lowest BCUT2D eigenvalue weighted by Crippen LogP contribution is -2.39. The molecule has 1 aromatic carbocycles. The summed E-state index contributed by atoms with van der Waals surface area (Å²) in [5, 5.41) is 6.12. The molecule has 1 aliphatic rings. The van der Waals surface area contributed by atoms with Crippen LogP contribution in [0.2, 0.25) is 0 Å². The molecular weight excluding hydrogens is 231 g/mol. The Morgan fingerprint density at radius 1 is 1.39 bits per heavy atom. The van der Waals surface area contributed by atoms with Crippen LogP contribution in [0, 0.1) is 11.7 Å². The number of hydrogen-bond donors (Lipinski definition) is 2. The van der Waals surface area contributed by atoms with E-state index in [-0.39, 0.29) is 23.7 Å². The van der Waals surface area contributed by atoms with Gasteiger partial charge in [0, 0.05) is 11.5 Å². The fourth-order valence-corrected chi connectivity index (χ4v) is 2.32. The minimum Gasteiger partial charge on any atom is -0.349 e. The molecule has 0 aromatic heterocycles. The Balaban J connectivity index is 1.96. The van der Waals surface area contributed by atoms with E-state index in [0.717, 1.165) is 25.9 Å². The van der Waals surface area contributed by atoms with Crippen molar-refractivity contribution in [2.45, 2.75) is 25.8 Å². The number of carbonyl (C=O) groups is 1. The second-order valence-electron chi connectivity index (χ2n) is 4.78. The van der Waals surface area contributed by atoms with Crippen LogP contribution in [-0.4, -0.2) is 19.0 Å². The molecule has 0 aliphatic carbocycles. The minimum absolute atomic E-state index is 0.0345. The summed E-state index contributed by atoms with van der Waals surface area (Å²) >= 11 is 0. The van der Waals surface area contributed by atoms with Crippen molar-refractivity contribution in [3.8, 4) is 0 Å². The second kappa shape index (κ2) is 5.96. The lowest BCUT2D eigenvalue weighted by Gasteiger charge is -2.24. The summed E-state index contributed by atoms with van der Waals surface area (Å²) in [5.74, 6) is -0.177. The first kappa shape index (κ1) is 13.0. The van der Waals surface area contributed by atoms with Crippen molar-refractivity contribution in [1.29, 1.82) is 0 Å². The van der Waals surface area contributed by atoms with E-state index >= 15 is 0 Å². The van der Waals surface area contributed by atoms with Crippen LogP contribution < -0.4 is 10.6 Å². The van der Waals surface area contributed by atoms with Gasteiger partial charge >= 0.3 is 0 Å². The smallest absolute Gasteiger partial charge is 0.223 e. The van der Waals surface area contributed by atoms with Gasteiger partial charge in [0.15, 0.2) is 0 Å². The van der Waals surface area contributed by atoms with E-state index in [1.807, 2.05) is 6.92 Å². The van der Waals surface area contributed by atoms with Crippen molar-refractivity contribution < 1.29 is 9.18 Å². The van der Waals surface area contributed by atoms with E-state index in [0.29, 0.717) is 5.56 Å². The van der Waals surface area contributed by atoms with Crippen molar-refractivity contribution in [3.63, 3.8) is 0 Å². The van der Waals surface area contributed by atoms with Gasteiger partial charge < -0.3 is 10.6 Å². The molecule has 1 aromatic rings. The quantitative estimate of drug-likeness (QED) is 0.861. The van der Waals surface area contributed by atoms with Crippen LogP contribution in [-0.2, 0) is 4.79 Å². The van der Waals surface area contributed by atoms with Crippen LogP contribution in [0.25, 0.3) is 0 Å². The summed E-state index contributed by atoms with van der Waals surface area (Å²) in [4.78, 5) is 12.0. The average molecular weight is 250 g/mol. The molecule has 2 N–H and O–H groups in total. The number of nitrogens with one attached hydrogen (secondary N) is 2. The molecule has 0 bridgehead atoms. The number of carbonyl (C=O) groups excluding carboxylic acids is 1. The van der Waals surface area contributed by atoms with Crippen LogP contribution in [0.1, 0.15) is 31.4 Å². The van der Waals surface area contributed by atoms with Crippen LogP contribution in [0.3, 0.4) is 0 Å². The molecule has 1 saturated heterocycles. The van der Waals surface area contributed by atoms with E-state index in [1.54, 1.807) is 18.2 Å². The van der Waals surface area contributed by atoms with Gasteiger partial charge in [-0.2, -0.15) is 0 Å². The van der Waals surface area contributed by atoms with Crippen LogP contribution in [0.5, 0.6) is 0 Å². The molecule has 18 heavy (non-hydrogen) atoms. The van der Waals surface area contributed by atoms with Gasteiger partial charge in [0.05, 0.1) is 6.04 Å². The van der Waals surface area contributed by atoms with Gasteiger partial charge in [-0.1, -0.05) is 18.2 Å². The molecule has 98 valence electrons. The third-order valence-corrected chi connectivity index (χ3v) is 3.44. The van der Waals surface area contributed by atoms with Crippen molar-refractivity contribution >= 4 is 5.91 Å². The SMILES string of the molecule is C[C@@H](NC(=O)C1CCNCC1)c1ccccc1F. The maximum absolute atomic E-state index is 13.6. The number of rotatable bonds is 3. The van der Waals surface area contributed by atoms with Crippen molar-refractivity contribution in [2.24, 2.45) is 5.92 Å². The zero-order chi connectivity index (χ0) is 13.0. The first-order chi connectivity index (χ1) is 8.68. The first-order valence-corrected chi connectivity index (χ1v) is 6.44. The van der Waals surface area contributed by atoms with Gasteiger partial charge in [0.25, 0.3) is 0 Å². The molecule has 1 heterocycles. The molecule has 1 atom stereocenters. The second-order valence-corrected chi connectivity index (χ2v) is 4.78. The molecule has 0 spiro atoms. The molecular formula is C14H19FN2O. The maximum Gasteiger partial charge on any atom is 0.223 e. The normalized spacial score (nSPS) is 18.3. The summed E-state index contributed by atoms with van der Waals surface area (Å²) in [6.07, 6.45) is 1.71. The molecule has 1 aliphatic heterocycles. The number of benzene rings is 1. The highest BCUT2D eigenvalue weighted by Crippen LogP contribution is 2.18. The third-order valence-electron chi connectivity index (χ3n) is 3.44.